The summed E-state index contributed by atoms with van der Waals surface area (Å²) >= 11 is 1.36. The van der Waals surface area contributed by atoms with Gasteiger partial charge < -0.3 is 5.73 Å². The van der Waals surface area contributed by atoms with Gasteiger partial charge in [-0.1, -0.05) is 36.4 Å². The Kier molecular flexibility index (Phi) is 5.18. The maximum absolute atomic E-state index is 13.4. The summed E-state index contributed by atoms with van der Waals surface area (Å²) < 4.78 is 0. The summed E-state index contributed by atoms with van der Waals surface area (Å²) in [6.07, 6.45) is 0. The zero-order valence-corrected chi connectivity index (χ0v) is 17.0. The zero-order chi connectivity index (χ0) is 20.4. The van der Waals surface area contributed by atoms with Crippen LogP contribution in [0.4, 0.5) is 17.2 Å². The molecule has 0 radical (unpaired) electrons. The van der Waals surface area contributed by atoms with Gasteiger partial charge in [-0.15, -0.1) is 0 Å². The number of nitrogens with two attached hydrogens (primary N) is 1. The van der Waals surface area contributed by atoms with Gasteiger partial charge in [-0.25, -0.2) is 9.98 Å². The van der Waals surface area contributed by atoms with E-state index < -0.39 is 0 Å². The Morgan fingerprint density at radius 1 is 1.00 bits per heavy atom. The Morgan fingerprint density at radius 3 is 2.41 bits per heavy atom. The standard InChI is InChI=1S/C23H20N4OS/c1-15-7-6-10-20(25-15)26-23-27(19-8-4-3-5-9-19)22(28)21(29-23)16(2)17-11-13-18(24)14-12-17/h3-14H,24H2,1-2H3/b21-16-,26-23+. The van der Waals surface area contributed by atoms with Gasteiger partial charge in [-0.05, 0) is 73.1 Å². The molecule has 29 heavy (non-hydrogen) atoms. The lowest BCUT2D eigenvalue weighted by molar-refractivity contribution is -0.113. The molecule has 1 amide bonds. The van der Waals surface area contributed by atoms with Gasteiger partial charge in [0.25, 0.3) is 5.91 Å². The lowest BCUT2D eigenvalue weighted by Gasteiger charge is -2.15. The molecular weight excluding hydrogens is 380 g/mol. The van der Waals surface area contributed by atoms with Crippen LogP contribution in [0.25, 0.3) is 5.57 Å². The lowest BCUT2D eigenvalue weighted by Crippen LogP contribution is -2.28. The van der Waals surface area contributed by atoms with Crippen LogP contribution in [-0.2, 0) is 4.79 Å². The monoisotopic (exact) mass is 400 g/mol. The minimum atomic E-state index is -0.0954. The SMILES string of the molecule is C/C(=C1/S/C(=N/c2cccc(C)n2)N(c2ccccc2)C1=O)c1ccc(N)cc1. The molecule has 0 bridgehead atoms. The number of pyridine rings is 1. The molecule has 2 N–H and O–H groups in total. The van der Waals surface area contributed by atoms with Crippen molar-refractivity contribution in [1.82, 2.24) is 4.98 Å². The molecule has 6 heteroatoms. The topological polar surface area (TPSA) is 71.6 Å². The van der Waals surface area contributed by atoms with Crippen LogP contribution in [0.2, 0.25) is 0 Å². The zero-order valence-electron chi connectivity index (χ0n) is 16.2. The maximum atomic E-state index is 13.4. The smallest absolute Gasteiger partial charge is 0.271 e. The molecular formula is C23H20N4OS. The predicted octanol–water partition coefficient (Wildman–Crippen LogP) is 5.17. The van der Waals surface area contributed by atoms with Crippen LogP contribution in [0.5, 0.6) is 0 Å². The van der Waals surface area contributed by atoms with E-state index in [9.17, 15) is 4.79 Å². The van der Waals surface area contributed by atoms with Crippen molar-refractivity contribution in [3.8, 4) is 0 Å². The number of nitrogen functional groups attached to an aromatic ring is 1. The molecule has 1 fully saturated rings. The first kappa shape index (κ1) is 19.0. The van der Waals surface area contributed by atoms with Crippen molar-refractivity contribution in [2.24, 2.45) is 4.99 Å². The molecule has 0 saturated carbocycles. The highest BCUT2D eigenvalue weighted by Gasteiger charge is 2.36. The van der Waals surface area contributed by atoms with E-state index in [-0.39, 0.29) is 5.91 Å². The Labute approximate surface area is 174 Å². The van der Waals surface area contributed by atoms with Gasteiger partial charge in [0.05, 0.1) is 10.6 Å². The van der Waals surface area contributed by atoms with E-state index in [1.54, 1.807) is 4.90 Å². The van der Waals surface area contributed by atoms with Gasteiger partial charge in [0.1, 0.15) is 0 Å². The van der Waals surface area contributed by atoms with E-state index in [1.807, 2.05) is 86.6 Å². The van der Waals surface area contributed by atoms with Crippen molar-refractivity contribution < 1.29 is 4.79 Å². The number of allylic oxidation sites excluding steroid dienone is 1. The first-order chi connectivity index (χ1) is 14.0. The van der Waals surface area contributed by atoms with Crippen LogP contribution in [-0.4, -0.2) is 16.1 Å². The van der Waals surface area contributed by atoms with Gasteiger partial charge >= 0.3 is 0 Å². The summed E-state index contributed by atoms with van der Waals surface area (Å²) in [4.78, 5) is 24.8. The molecule has 2 heterocycles. The summed E-state index contributed by atoms with van der Waals surface area (Å²) in [5, 5.41) is 0.587. The number of aliphatic imine (C=N–C) groups is 1. The van der Waals surface area contributed by atoms with Crippen molar-refractivity contribution in [3.63, 3.8) is 0 Å². The number of anilines is 2. The quantitative estimate of drug-likeness (QED) is 0.486. The lowest BCUT2D eigenvalue weighted by atomic mass is 10.1. The minimum Gasteiger partial charge on any atom is -0.399 e. The fourth-order valence-corrected chi connectivity index (χ4v) is 4.09. The molecule has 1 aliphatic rings. The van der Waals surface area contributed by atoms with Gasteiger partial charge in [-0.2, -0.15) is 0 Å². The molecule has 0 aliphatic carbocycles. The number of thioether (sulfide) groups is 1. The molecule has 1 saturated heterocycles. The number of nitrogens with zero attached hydrogens (tertiary/aromatic N) is 3. The molecule has 1 aromatic heterocycles. The van der Waals surface area contributed by atoms with E-state index in [4.69, 9.17) is 5.73 Å². The van der Waals surface area contributed by atoms with Gasteiger partial charge in [-0.3, -0.25) is 9.69 Å². The largest absolute Gasteiger partial charge is 0.399 e. The normalized spacial score (nSPS) is 17.1. The number of carbonyl (C=O) groups is 1. The number of carbonyl (C=O) groups excluding carboxylic acids is 1. The van der Waals surface area contributed by atoms with Crippen LogP contribution < -0.4 is 10.6 Å². The summed E-state index contributed by atoms with van der Waals surface area (Å²) in [5.41, 5.74) is 9.99. The van der Waals surface area contributed by atoms with Crippen molar-refractivity contribution >= 4 is 45.6 Å². The van der Waals surface area contributed by atoms with Crippen LogP contribution in [0.3, 0.4) is 0 Å². The summed E-state index contributed by atoms with van der Waals surface area (Å²) in [6, 6.07) is 22.7. The third-order valence-corrected chi connectivity index (χ3v) is 5.71. The predicted molar refractivity (Wildman–Crippen MR) is 121 cm³/mol. The van der Waals surface area contributed by atoms with Crippen molar-refractivity contribution in [2.45, 2.75) is 13.8 Å². The number of rotatable bonds is 3. The number of hydrogen-bond acceptors (Lipinski definition) is 5. The van der Waals surface area contributed by atoms with Gasteiger partial charge in [0, 0.05) is 11.4 Å². The highest BCUT2D eigenvalue weighted by atomic mass is 32.2. The second-order valence-corrected chi connectivity index (χ2v) is 7.66. The molecule has 2 aromatic carbocycles. The van der Waals surface area contributed by atoms with E-state index in [0.717, 1.165) is 22.5 Å². The fourth-order valence-electron chi connectivity index (χ4n) is 3.04. The van der Waals surface area contributed by atoms with E-state index >= 15 is 0 Å². The molecule has 0 unspecified atom stereocenters. The van der Waals surface area contributed by atoms with E-state index in [2.05, 4.69) is 9.98 Å². The molecule has 4 rings (SSSR count). The van der Waals surface area contributed by atoms with Crippen LogP contribution in [0, 0.1) is 6.92 Å². The number of aromatic nitrogens is 1. The van der Waals surface area contributed by atoms with E-state index in [0.29, 0.717) is 21.6 Å². The van der Waals surface area contributed by atoms with Crippen LogP contribution >= 0.6 is 11.8 Å². The third kappa shape index (κ3) is 3.93. The Bertz CT molecular complexity index is 1120. The Morgan fingerprint density at radius 2 is 1.72 bits per heavy atom. The Balaban J connectivity index is 1.82. The molecule has 1 aliphatic heterocycles. The number of aryl methyl sites for hydroxylation is 1. The van der Waals surface area contributed by atoms with E-state index in [1.165, 1.54) is 11.8 Å². The molecule has 3 aromatic rings. The molecule has 144 valence electrons. The number of benzene rings is 2. The number of hydrogen-bond donors (Lipinski definition) is 1. The van der Waals surface area contributed by atoms with Crippen molar-refractivity contribution in [1.29, 1.82) is 0 Å². The fraction of sp³-hybridized carbons (Fsp3) is 0.0870. The average molecular weight is 401 g/mol. The molecule has 0 atom stereocenters. The summed E-state index contributed by atoms with van der Waals surface area (Å²) in [6.45, 7) is 3.87. The van der Waals surface area contributed by atoms with Crippen LogP contribution in [0.1, 0.15) is 18.2 Å². The maximum Gasteiger partial charge on any atom is 0.271 e. The average Bonchev–Trinajstić information content (AvgIpc) is 3.04. The Hall–Kier alpha value is -3.38. The number of amidine groups is 1. The first-order valence-electron chi connectivity index (χ1n) is 9.19. The molecule has 0 spiro atoms. The van der Waals surface area contributed by atoms with Crippen molar-refractivity contribution in [3.05, 3.63) is 89.0 Å². The summed E-state index contributed by atoms with van der Waals surface area (Å²) in [5.74, 6) is 0.481. The highest BCUT2D eigenvalue weighted by molar-refractivity contribution is 8.19. The minimum absolute atomic E-state index is 0.0954. The highest BCUT2D eigenvalue weighted by Crippen LogP contribution is 2.40. The van der Waals surface area contributed by atoms with Crippen molar-refractivity contribution in [2.75, 3.05) is 10.6 Å². The van der Waals surface area contributed by atoms with Gasteiger partial charge in [0.15, 0.2) is 11.0 Å². The third-order valence-electron chi connectivity index (χ3n) is 4.56. The second kappa shape index (κ2) is 7.93. The number of amides is 1. The molecule has 5 nitrogen and oxygen atoms in total. The second-order valence-electron chi connectivity index (χ2n) is 6.69. The van der Waals surface area contributed by atoms with Crippen LogP contribution in [0.15, 0.2) is 82.7 Å². The van der Waals surface area contributed by atoms with Gasteiger partial charge in [0.2, 0.25) is 0 Å². The first-order valence-corrected chi connectivity index (χ1v) is 10.0. The summed E-state index contributed by atoms with van der Waals surface area (Å²) in [7, 11) is 0. The number of para-hydroxylation sites is 1.